The molecule has 18 heavy (non-hydrogen) atoms. The standard InChI is InChI=1S/C14H19N3O/c15-10-11-9-13(4-5-14(11)16)17-7-2-1-3-12(17)6-8-18/h4-5,9,12,18H,1-3,6-8,16H2. The van der Waals surface area contributed by atoms with Gasteiger partial charge in [0.1, 0.15) is 6.07 Å². The number of benzene rings is 1. The van der Waals surface area contributed by atoms with Gasteiger partial charge in [-0.15, -0.1) is 0 Å². The van der Waals surface area contributed by atoms with Crippen molar-refractivity contribution in [2.75, 3.05) is 23.8 Å². The Labute approximate surface area is 108 Å². The molecule has 96 valence electrons. The number of anilines is 2. The Morgan fingerprint density at radius 3 is 3.00 bits per heavy atom. The van der Waals surface area contributed by atoms with Crippen molar-refractivity contribution in [1.82, 2.24) is 0 Å². The molecule has 1 fully saturated rings. The zero-order chi connectivity index (χ0) is 13.0. The molecule has 1 atom stereocenters. The molecule has 0 aliphatic carbocycles. The zero-order valence-corrected chi connectivity index (χ0v) is 10.5. The highest BCUT2D eigenvalue weighted by atomic mass is 16.3. The van der Waals surface area contributed by atoms with E-state index in [9.17, 15) is 0 Å². The average molecular weight is 245 g/mol. The molecule has 1 heterocycles. The van der Waals surface area contributed by atoms with Gasteiger partial charge in [-0.05, 0) is 43.9 Å². The van der Waals surface area contributed by atoms with Crippen LogP contribution in [-0.4, -0.2) is 24.3 Å². The molecule has 0 spiro atoms. The summed E-state index contributed by atoms with van der Waals surface area (Å²) in [6, 6.07) is 8.10. The molecular formula is C14H19N3O. The lowest BCUT2D eigenvalue weighted by atomic mass is 9.98. The smallest absolute Gasteiger partial charge is 0.101 e. The third-order valence-corrected chi connectivity index (χ3v) is 3.58. The van der Waals surface area contributed by atoms with Gasteiger partial charge < -0.3 is 15.7 Å². The van der Waals surface area contributed by atoms with Crippen molar-refractivity contribution in [3.05, 3.63) is 23.8 Å². The summed E-state index contributed by atoms with van der Waals surface area (Å²) in [4.78, 5) is 2.29. The minimum atomic E-state index is 0.210. The van der Waals surface area contributed by atoms with Crippen LogP contribution < -0.4 is 10.6 Å². The lowest BCUT2D eigenvalue weighted by Gasteiger charge is -2.37. The van der Waals surface area contributed by atoms with Crippen molar-refractivity contribution in [3.63, 3.8) is 0 Å². The van der Waals surface area contributed by atoms with Crippen LogP contribution in [0.25, 0.3) is 0 Å². The molecule has 0 saturated carbocycles. The molecule has 1 aliphatic rings. The van der Waals surface area contributed by atoms with E-state index in [1.54, 1.807) is 6.07 Å². The number of aliphatic hydroxyl groups is 1. The molecule has 0 aromatic heterocycles. The van der Waals surface area contributed by atoms with Crippen molar-refractivity contribution in [2.24, 2.45) is 0 Å². The minimum absolute atomic E-state index is 0.210. The Balaban J connectivity index is 2.25. The maximum Gasteiger partial charge on any atom is 0.101 e. The van der Waals surface area contributed by atoms with Crippen molar-refractivity contribution < 1.29 is 5.11 Å². The fraction of sp³-hybridized carbons (Fsp3) is 0.500. The van der Waals surface area contributed by atoms with E-state index in [0.29, 0.717) is 17.3 Å². The van der Waals surface area contributed by atoms with E-state index in [4.69, 9.17) is 16.1 Å². The van der Waals surface area contributed by atoms with E-state index < -0.39 is 0 Å². The van der Waals surface area contributed by atoms with Crippen LogP contribution in [0.3, 0.4) is 0 Å². The van der Waals surface area contributed by atoms with E-state index in [1.807, 2.05) is 12.1 Å². The summed E-state index contributed by atoms with van der Waals surface area (Å²) >= 11 is 0. The predicted octanol–water partition coefficient (Wildman–Crippen LogP) is 1.88. The fourth-order valence-electron chi connectivity index (χ4n) is 2.61. The Bertz CT molecular complexity index is 451. The summed E-state index contributed by atoms with van der Waals surface area (Å²) in [6.07, 6.45) is 4.26. The molecule has 1 aromatic carbocycles. The second-order valence-corrected chi connectivity index (χ2v) is 4.74. The van der Waals surface area contributed by atoms with Gasteiger partial charge >= 0.3 is 0 Å². The number of nitrogen functional groups attached to an aromatic ring is 1. The summed E-state index contributed by atoms with van der Waals surface area (Å²) in [5.41, 5.74) is 7.84. The van der Waals surface area contributed by atoms with Gasteiger partial charge in [0.2, 0.25) is 0 Å². The number of hydrogen-bond acceptors (Lipinski definition) is 4. The zero-order valence-electron chi connectivity index (χ0n) is 10.5. The molecule has 4 nitrogen and oxygen atoms in total. The second-order valence-electron chi connectivity index (χ2n) is 4.74. The van der Waals surface area contributed by atoms with Crippen molar-refractivity contribution in [1.29, 1.82) is 5.26 Å². The molecule has 0 amide bonds. The summed E-state index contributed by atoms with van der Waals surface area (Å²) < 4.78 is 0. The van der Waals surface area contributed by atoms with E-state index in [1.165, 1.54) is 6.42 Å². The van der Waals surface area contributed by atoms with Gasteiger partial charge in [-0.1, -0.05) is 0 Å². The van der Waals surface area contributed by atoms with Gasteiger partial charge in [0.25, 0.3) is 0 Å². The Kier molecular flexibility index (Phi) is 4.06. The van der Waals surface area contributed by atoms with E-state index in [0.717, 1.165) is 31.5 Å². The number of hydrogen-bond donors (Lipinski definition) is 2. The van der Waals surface area contributed by atoms with E-state index in [-0.39, 0.29) is 6.61 Å². The first kappa shape index (κ1) is 12.7. The van der Waals surface area contributed by atoms with Crippen LogP contribution in [0.15, 0.2) is 18.2 Å². The lowest BCUT2D eigenvalue weighted by Crippen LogP contribution is -2.40. The number of nitriles is 1. The maximum atomic E-state index is 9.13. The third kappa shape index (κ3) is 2.57. The molecule has 0 bridgehead atoms. The topological polar surface area (TPSA) is 73.3 Å². The molecule has 0 radical (unpaired) electrons. The largest absolute Gasteiger partial charge is 0.398 e. The molecule has 1 unspecified atom stereocenters. The average Bonchev–Trinajstić information content (AvgIpc) is 2.40. The van der Waals surface area contributed by atoms with Crippen molar-refractivity contribution in [3.8, 4) is 6.07 Å². The highest BCUT2D eigenvalue weighted by Gasteiger charge is 2.22. The summed E-state index contributed by atoms with van der Waals surface area (Å²) in [6.45, 7) is 1.20. The molecule has 4 heteroatoms. The van der Waals surface area contributed by atoms with Crippen LogP contribution in [0.5, 0.6) is 0 Å². The molecule has 1 saturated heterocycles. The number of aliphatic hydroxyl groups excluding tert-OH is 1. The maximum absolute atomic E-state index is 9.13. The SMILES string of the molecule is N#Cc1cc(N2CCCCC2CCO)ccc1N. The molecular weight excluding hydrogens is 226 g/mol. The Morgan fingerprint density at radius 1 is 1.44 bits per heavy atom. The van der Waals surface area contributed by atoms with Crippen LogP contribution in [-0.2, 0) is 0 Å². The van der Waals surface area contributed by atoms with Gasteiger partial charge in [-0.2, -0.15) is 5.26 Å². The van der Waals surface area contributed by atoms with Crippen LogP contribution >= 0.6 is 0 Å². The van der Waals surface area contributed by atoms with E-state index in [2.05, 4.69) is 11.0 Å². The number of nitrogens with zero attached hydrogens (tertiary/aromatic N) is 2. The quantitative estimate of drug-likeness (QED) is 0.797. The normalized spacial score (nSPS) is 19.6. The first-order valence-electron chi connectivity index (χ1n) is 6.43. The van der Waals surface area contributed by atoms with Crippen molar-refractivity contribution >= 4 is 11.4 Å². The minimum Gasteiger partial charge on any atom is -0.398 e. The number of piperidine rings is 1. The third-order valence-electron chi connectivity index (χ3n) is 3.58. The molecule has 3 N–H and O–H groups in total. The Hall–Kier alpha value is -1.73. The van der Waals surface area contributed by atoms with Crippen molar-refractivity contribution in [2.45, 2.75) is 31.7 Å². The van der Waals surface area contributed by atoms with Gasteiger partial charge in [0.05, 0.1) is 5.56 Å². The van der Waals surface area contributed by atoms with Crippen LogP contribution in [0, 0.1) is 11.3 Å². The van der Waals surface area contributed by atoms with Crippen LogP contribution in [0.2, 0.25) is 0 Å². The first-order valence-corrected chi connectivity index (χ1v) is 6.43. The lowest BCUT2D eigenvalue weighted by molar-refractivity contribution is 0.262. The highest BCUT2D eigenvalue weighted by Crippen LogP contribution is 2.28. The molecule has 1 aromatic rings. The van der Waals surface area contributed by atoms with Crippen LogP contribution in [0.4, 0.5) is 11.4 Å². The fourth-order valence-corrected chi connectivity index (χ4v) is 2.61. The van der Waals surface area contributed by atoms with Gasteiger partial charge in [0, 0.05) is 30.6 Å². The first-order chi connectivity index (χ1) is 8.76. The van der Waals surface area contributed by atoms with Crippen LogP contribution in [0.1, 0.15) is 31.2 Å². The number of nitrogens with two attached hydrogens (primary N) is 1. The van der Waals surface area contributed by atoms with E-state index >= 15 is 0 Å². The summed E-state index contributed by atoms with van der Waals surface area (Å²) in [7, 11) is 0. The predicted molar refractivity (Wildman–Crippen MR) is 72.3 cm³/mol. The molecule has 1 aliphatic heterocycles. The monoisotopic (exact) mass is 245 g/mol. The number of rotatable bonds is 3. The van der Waals surface area contributed by atoms with Gasteiger partial charge in [-0.3, -0.25) is 0 Å². The highest BCUT2D eigenvalue weighted by molar-refractivity contribution is 5.63. The summed E-state index contributed by atoms with van der Waals surface area (Å²) in [5, 5.41) is 18.2. The Morgan fingerprint density at radius 2 is 2.28 bits per heavy atom. The second kappa shape index (κ2) is 5.74. The van der Waals surface area contributed by atoms with Gasteiger partial charge in [0.15, 0.2) is 0 Å². The van der Waals surface area contributed by atoms with Gasteiger partial charge in [-0.25, -0.2) is 0 Å². The summed E-state index contributed by atoms with van der Waals surface area (Å²) in [5.74, 6) is 0. The molecule has 2 rings (SSSR count).